The van der Waals surface area contributed by atoms with Crippen molar-refractivity contribution in [3.63, 3.8) is 0 Å². The van der Waals surface area contributed by atoms with Crippen molar-refractivity contribution >= 4 is 16.1 Å². The largest absolute Gasteiger partial charge is 0.465 e. The molecule has 0 radical (unpaired) electrons. The van der Waals surface area contributed by atoms with Crippen molar-refractivity contribution in [1.29, 1.82) is 0 Å². The molecule has 1 unspecified atom stereocenters. The molecule has 3 rings (SSSR count). The summed E-state index contributed by atoms with van der Waals surface area (Å²) in [6.07, 6.45) is 1.89. The van der Waals surface area contributed by atoms with E-state index in [0.29, 0.717) is 9.67 Å². The minimum atomic E-state index is -4.38. The van der Waals surface area contributed by atoms with E-state index in [1.165, 1.54) is 23.7 Å². The Kier molecular flexibility index (Phi) is 6.33. The molecule has 178 valence electrons. The molecule has 9 nitrogen and oxygen atoms in total. The van der Waals surface area contributed by atoms with Crippen LogP contribution in [-0.2, 0) is 23.5 Å². The lowest BCUT2D eigenvalue weighted by Gasteiger charge is -2.30. The predicted molar refractivity (Wildman–Crippen MR) is 116 cm³/mol. The highest BCUT2D eigenvalue weighted by atomic mass is 32.2. The Hall–Kier alpha value is -3.28. The lowest BCUT2D eigenvalue weighted by Crippen LogP contribution is -2.44. The molecule has 0 saturated heterocycles. The van der Waals surface area contributed by atoms with Gasteiger partial charge >= 0.3 is 6.09 Å². The van der Waals surface area contributed by atoms with Crippen LogP contribution in [0.4, 0.5) is 13.6 Å². The van der Waals surface area contributed by atoms with Crippen LogP contribution in [0.5, 0.6) is 0 Å². The Balaban J connectivity index is 2.26. The number of nitrogens with one attached hydrogen (secondary N) is 1. The molecule has 0 aliphatic carbocycles. The molecule has 1 amide bonds. The molecule has 3 heterocycles. The first-order valence-corrected chi connectivity index (χ1v) is 11.4. The van der Waals surface area contributed by atoms with E-state index in [2.05, 4.69) is 15.4 Å². The summed E-state index contributed by atoms with van der Waals surface area (Å²) >= 11 is 0. The predicted octanol–water partition coefficient (Wildman–Crippen LogP) is 3.33. The number of pyridine rings is 1. The van der Waals surface area contributed by atoms with Crippen LogP contribution >= 0.6 is 0 Å². The summed E-state index contributed by atoms with van der Waals surface area (Å²) in [4.78, 5) is 14.6. The van der Waals surface area contributed by atoms with Gasteiger partial charge in [0.05, 0.1) is 17.5 Å². The summed E-state index contributed by atoms with van der Waals surface area (Å²) in [5.41, 5.74) is -1.27. The molecule has 33 heavy (non-hydrogen) atoms. The second-order valence-electron chi connectivity index (χ2n) is 8.75. The van der Waals surface area contributed by atoms with E-state index in [9.17, 15) is 22.7 Å². The second kappa shape index (κ2) is 8.58. The number of rotatable bonds is 6. The third-order valence-corrected chi connectivity index (χ3v) is 7.25. The average Bonchev–Trinajstić information content (AvgIpc) is 3.21. The molecule has 0 aliphatic heterocycles. The summed E-state index contributed by atoms with van der Waals surface area (Å²) in [5, 5.41) is 15.5. The quantitative estimate of drug-likeness (QED) is 0.521. The van der Waals surface area contributed by atoms with Gasteiger partial charge < -0.3 is 10.4 Å². The van der Waals surface area contributed by atoms with Crippen LogP contribution in [0, 0.1) is 24.1 Å². The highest BCUT2D eigenvalue weighted by molar-refractivity contribution is 7.90. The van der Waals surface area contributed by atoms with Gasteiger partial charge in [-0.2, -0.15) is 9.49 Å². The number of halogens is 2. The molecule has 0 aromatic carbocycles. The van der Waals surface area contributed by atoms with Crippen molar-refractivity contribution in [2.75, 3.05) is 0 Å². The molecule has 0 saturated carbocycles. The van der Waals surface area contributed by atoms with Crippen molar-refractivity contribution in [2.24, 2.45) is 12.5 Å². The summed E-state index contributed by atoms with van der Waals surface area (Å²) in [6, 6.07) is 1.83. The fourth-order valence-corrected chi connectivity index (χ4v) is 5.01. The van der Waals surface area contributed by atoms with Crippen molar-refractivity contribution < 1.29 is 27.1 Å². The van der Waals surface area contributed by atoms with Gasteiger partial charge in [-0.05, 0) is 30.9 Å². The van der Waals surface area contributed by atoms with Crippen LogP contribution in [0.3, 0.4) is 0 Å². The lowest BCUT2D eigenvalue weighted by molar-refractivity contribution is 0.174. The Bertz CT molecular complexity index is 1310. The number of hydrogen-bond acceptors (Lipinski definition) is 5. The van der Waals surface area contributed by atoms with E-state index in [4.69, 9.17) is 0 Å². The fourth-order valence-electron chi connectivity index (χ4n) is 3.42. The van der Waals surface area contributed by atoms with Crippen LogP contribution in [0.25, 0.3) is 11.3 Å². The van der Waals surface area contributed by atoms with Crippen LogP contribution < -0.4 is 5.32 Å². The average molecular weight is 482 g/mol. The number of aryl methyl sites for hydroxylation is 1. The van der Waals surface area contributed by atoms with E-state index < -0.39 is 45.0 Å². The molecule has 0 fully saturated rings. The second-order valence-corrected chi connectivity index (χ2v) is 10.5. The summed E-state index contributed by atoms with van der Waals surface area (Å²) in [6.45, 7) is 6.83. The zero-order valence-corrected chi connectivity index (χ0v) is 19.6. The number of amides is 1. The Morgan fingerprint density at radius 3 is 2.48 bits per heavy atom. The van der Waals surface area contributed by atoms with E-state index in [-0.39, 0.29) is 22.4 Å². The van der Waals surface area contributed by atoms with E-state index in [1.54, 1.807) is 27.8 Å². The molecule has 3 aromatic heterocycles. The van der Waals surface area contributed by atoms with Gasteiger partial charge in [0.1, 0.15) is 10.6 Å². The Morgan fingerprint density at radius 2 is 1.97 bits per heavy atom. The smallest absolute Gasteiger partial charge is 0.404 e. The minimum Gasteiger partial charge on any atom is -0.465 e. The number of hydrogen-bond donors (Lipinski definition) is 2. The maximum absolute atomic E-state index is 15.7. The molecular formula is C21H25F2N5O4S. The highest BCUT2D eigenvalue weighted by Crippen LogP contribution is 2.34. The molecule has 12 heteroatoms. The molecule has 0 bridgehead atoms. The zero-order valence-electron chi connectivity index (χ0n) is 18.8. The van der Waals surface area contributed by atoms with Gasteiger partial charge in [-0.15, -0.1) is 0 Å². The molecule has 0 spiro atoms. The molecule has 2 N–H and O–H groups in total. The van der Waals surface area contributed by atoms with Crippen LogP contribution in [-0.4, -0.2) is 44.4 Å². The van der Waals surface area contributed by atoms with Crippen LogP contribution in [0.15, 0.2) is 35.6 Å². The first-order chi connectivity index (χ1) is 15.2. The molecule has 3 aromatic rings. The summed E-state index contributed by atoms with van der Waals surface area (Å²) in [7, 11) is -2.82. The van der Waals surface area contributed by atoms with Gasteiger partial charge in [0.15, 0.2) is 5.82 Å². The monoisotopic (exact) mass is 481 g/mol. The normalized spacial score (nSPS) is 13.2. The van der Waals surface area contributed by atoms with Crippen LogP contribution in [0.2, 0.25) is 0 Å². The SMILES string of the molecule is Cc1c(S(=O)(=O)n2cc(CC(NC(=O)O)C(C)(C)C)c(F)c2-c2cccnc2F)cnn1C. The Labute approximate surface area is 190 Å². The van der Waals surface area contributed by atoms with Crippen LogP contribution in [0.1, 0.15) is 32.0 Å². The van der Waals surface area contributed by atoms with Gasteiger partial charge in [-0.1, -0.05) is 20.8 Å². The summed E-state index contributed by atoms with van der Waals surface area (Å²) in [5.74, 6) is -2.02. The van der Waals surface area contributed by atoms with E-state index >= 15 is 4.39 Å². The number of nitrogens with zero attached hydrogens (tertiary/aromatic N) is 4. The van der Waals surface area contributed by atoms with Gasteiger partial charge in [0.2, 0.25) is 5.95 Å². The third-order valence-electron chi connectivity index (χ3n) is 5.49. The maximum Gasteiger partial charge on any atom is 0.404 e. The van der Waals surface area contributed by atoms with Gasteiger partial charge in [-0.25, -0.2) is 26.6 Å². The molecule has 0 aliphatic rings. The maximum atomic E-state index is 15.7. The number of aromatic nitrogens is 4. The standard InChI is InChI=1S/C21H25F2N5O4S/c1-12-15(10-25-27(12)5)33(31,32)28-11-13(9-16(21(2,3)4)26-20(29)30)17(22)18(28)14-7-6-8-24-19(14)23/h6-8,10-11,16,26H,9H2,1-5H3,(H,29,30). The van der Waals surface area contributed by atoms with Crippen molar-refractivity contribution in [3.8, 4) is 11.3 Å². The van der Waals surface area contributed by atoms with E-state index in [1.807, 2.05) is 0 Å². The minimum absolute atomic E-state index is 0.0907. The number of carbonyl (C=O) groups is 1. The highest BCUT2D eigenvalue weighted by Gasteiger charge is 2.33. The topological polar surface area (TPSA) is 119 Å². The first kappa shape index (κ1) is 24.4. The number of carboxylic acid groups (broad SMARTS) is 1. The fraction of sp³-hybridized carbons (Fsp3) is 0.381. The first-order valence-electron chi connectivity index (χ1n) is 9.99. The zero-order chi connectivity index (χ0) is 24.7. The third kappa shape index (κ3) is 4.61. The van der Waals surface area contributed by atoms with Gasteiger partial charge in [0, 0.05) is 31.0 Å². The Morgan fingerprint density at radius 1 is 1.30 bits per heavy atom. The molecule has 1 atom stereocenters. The van der Waals surface area contributed by atoms with Gasteiger partial charge in [0.25, 0.3) is 10.0 Å². The van der Waals surface area contributed by atoms with Crippen molar-refractivity contribution in [1.82, 2.24) is 24.1 Å². The van der Waals surface area contributed by atoms with E-state index in [0.717, 1.165) is 18.6 Å². The molecular weight excluding hydrogens is 456 g/mol. The van der Waals surface area contributed by atoms with Crippen molar-refractivity contribution in [3.05, 3.63) is 53.7 Å². The van der Waals surface area contributed by atoms with Crippen molar-refractivity contribution in [2.45, 2.75) is 45.1 Å². The summed E-state index contributed by atoms with van der Waals surface area (Å²) < 4.78 is 59.3. The lowest BCUT2D eigenvalue weighted by atomic mass is 9.83. The van der Waals surface area contributed by atoms with Gasteiger partial charge in [-0.3, -0.25) is 4.68 Å².